The quantitative estimate of drug-likeness (QED) is 0.593. The lowest BCUT2D eigenvalue weighted by Crippen LogP contribution is -2.56. The van der Waals surface area contributed by atoms with Gasteiger partial charge in [0.1, 0.15) is 5.75 Å². The number of carbonyl (C=O) groups is 3. The van der Waals surface area contributed by atoms with Gasteiger partial charge in [-0.05, 0) is 31.9 Å². The molecular weight excluding hydrogens is 342 g/mol. The second-order valence-electron chi connectivity index (χ2n) is 6.14. The summed E-state index contributed by atoms with van der Waals surface area (Å²) in [4.78, 5) is 49.7. The van der Waals surface area contributed by atoms with Crippen molar-refractivity contribution in [2.45, 2.75) is 32.2 Å². The van der Waals surface area contributed by atoms with Gasteiger partial charge in [0.15, 0.2) is 5.78 Å². The highest BCUT2D eigenvalue weighted by atomic mass is 16.6. The number of urea groups is 1. The van der Waals surface area contributed by atoms with Gasteiger partial charge >= 0.3 is 12.1 Å². The maximum absolute atomic E-state index is 12.6. The predicted octanol–water partition coefficient (Wildman–Crippen LogP) is 2.86. The van der Waals surface area contributed by atoms with Gasteiger partial charge in [-0.2, -0.15) is 0 Å². The normalized spacial score (nSPS) is 20.2. The van der Waals surface area contributed by atoms with E-state index >= 15 is 0 Å². The topological polar surface area (TPSA) is 110 Å². The lowest BCUT2D eigenvalue weighted by atomic mass is 9.88. The minimum absolute atomic E-state index is 0.0676. The number of hydrogen-bond donors (Lipinski definition) is 0. The number of nitro groups is 1. The number of Topliss-reactive ketones (excluding diaryl/α,β-unsaturated/α-hetero) is 1. The highest BCUT2D eigenvalue weighted by Crippen LogP contribution is 2.34. The number of rotatable bonds is 2. The van der Waals surface area contributed by atoms with E-state index in [-0.39, 0.29) is 17.2 Å². The first-order valence-electron chi connectivity index (χ1n) is 8.10. The van der Waals surface area contributed by atoms with Crippen molar-refractivity contribution < 1.29 is 24.0 Å². The molecule has 0 saturated carbocycles. The Morgan fingerprint density at radius 1 is 1.23 bits per heavy atom. The Morgan fingerprint density at radius 3 is 2.50 bits per heavy atom. The van der Waals surface area contributed by atoms with Gasteiger partial charge in [0, 0.05) is 36.9 Å². The average molecular weight is 359 g/mol. The molecule has 1 unspecified atom stereocenters. The fourth-order valence-corrected chi connectivity index (χ4v) is 3.26. The maximum atomic E-state index is 12.6. The fraction of sp³-hybridized carbons (Fsp3) is 0.353. The number of non-ortho nitro benzene ring substituents is 1. The molecule has 0 bridgehead atoms. The van der Waals surface area contributed by atoms with Gasteiger partial charge in [0.2, 0.25) is 0 Å². The highest BCUT2D eigenvalue weighted by Gasteiger charge is 2.43. The van der Waals surface area contributed by atoms with Crippen LogP contribution in [0.3, 0.4) is 0 Å². The van der Waals surface area contributed by atoms with Crippen LogP contribution < -0.4 is 4.74 Å². The molecule has 26 heavy (non-hydrogen) atoms. The molecule has 0 N–H and O–H groups in total. The number of hydrogen-bond acceptors (Lipinski definition) is 6. The Bertz CT molecular complexity index is 829. The van der Waals surface area contributed by atoms with E-state index in [0.29, 0.717) is 30.5 Å². The van der Waals surface area contributed by atoms with E-state index in [9.17, 15) is 24.5 Å². The molecule has 1 atom stereocenters. The zero-order chi connectivity index (χ0) is 19.0. The number of imide groups is 1. The number of carbonyl (C=O) groups excluding carboxylic acids is 3. The average Bonchev–Trinajstić information content (AvgIpc) is 2.60. The van der Waals surface area contributed by atoms with Crippen molar-refractivity contribution in [2.75, 3.05) is 7.05 Å². The summed E-state index contributed by atoms with van der Waals surface area (Å²) in [6, 6.07) is 3.64. The van der Waals surface area contributed by atoms with Crippen LogP contribution in [-0.2, 0) is 4.79 Å². The van der Waals surface area contributed by atoms with E-state index in [1.807, 2.05) is 0 Å². The monoisotopic (exact) mass is 359 g/mol. The summed E-state index contributed by atoms with van der Waals surface area (Å²) in [6.07, 6.45) is 0.734. The Hall–Kier alpha value is -3.23. The maximum Gasteiger partial charge on any atom is 0.424 e. The van der Waals surface area contributed by atoms with Crippen LogP contribution in [0.15, 0.2) is 35.5 Å². The Labute approximate surface area is 149 Å². The van der Waals surface area contributed by atoms with Crippen LogP contribution in [0.25, 0.3) is 0 Å². The molecule has 3 amide bonds. The van der Waals surface area contributed by atoms with Gasteiger partial charge < -0.3 is 9.64 Å². The summed E-state index contributed by atoms with van der Waals surface area (Å²) in [7, 11) is 1.52. The van der Waals surface area contributed by atoms with Gasteiger partial charge in [0.05, 0.1) is 11.0 Å². The zero-order valence-corrected chi connectivity index (χ0v) is 14.3. The third-order valence-corrected chi connectivity index (χ3v) is 4.58. The van der Waals surface area contributed by atoms with E-state index in [1.54, 1.807) is 6.92 Å². The smallest absolute Gasteiger partial charge is 0.410 e. The van der Waals surface area contributed by atoms with Crippen molar-refractivity contribution in [3.8, 4) is 5.75 Å². The molecule has 1 aromatic rings. The first kappa shape index (κ1) is 17.6. The Balaban J connectivity index is 1.85. The van der Waals surface area contributed by atoms with Crippen LogP contribution in [0.4, 0.5) is 15.3 Å². The van der Waals surface area contributed by atoms with Crippen molar-refractivity contribution >= 4 is 23.6 Å². The van der Waals surface area contributed by atoms with Crippen molar-refractivity contribution in [3.63, 3.8) is 0 Å². The molecular formula is C17H17N3O6. The summed E-state index contributed by atoms with van der Waals surface area (Å²) in [5.41, 5.74) is 0.965. The summed E-state index contributed by atoms with van der Waals surface area (Å²) >= 11 is 0. The number of ether oxygens (including phenoxy) is 1. The number of ketones is 1. The minimum Gasteiger partial charge on any atom is -0.410 e. The van der Waals surface area contributed by atoms with Crippen LogP contribution in [0.1, 0.15) is 26.2 Å². The second kappa shape index (κ2) is 6.58. The van der Waals surface area contributed by atoms with Gasteiger partial charge in [-0.1, -0.05) is 0 Å². The number of nitrogens with zero attached hydrogens (tertiary/aromatic N) is 3. The number of amides is 3. The molecule has 0 fully saturated rings. The van der Waals surface area contributed by atoms with E-state index in [4.69, 9.17) is 4.74 Å². The molecule has 0 aromatic heterocycles. The molecule has 136 valence electrons. The zero-order valence-electron chi connectivity index (χ0n) is 14.3. The molecule has 0 spiro atoms. The molecule has 9 heteroatoms. The van der Waals surface area contributed by atoms with Crippen molar-refractivity contribution in [1.82, 2.24) is 9.80 Å². The first-order chi connectivity index (χ1) is 12.3. The van der Waals surface area contributed by atoms with Gasteiger partial charge in [-0.3, -0.25) is 14.9 Å². The van der Waals surface area contributed by atoms with Crippen LogP contribution in [0.5, 0.6) is 5.75 Å². The van der Waals surface area contributed by atoms with Gasteiger partial charge in [-0.15, -0.1) is 0 Å². The summed E-state index contributed by atoms with van der Waals surface area (Å²) in [5, 5.41) is 10.7. The molecule has 0 saturated heterocycles. The lowest BCUT2D eigenvalue weighted by Gasteiger charge is -2.40. The van der Waals surface area contributed by atoms with Crippen LogP contribution in [-0.4, -0.2) is 45.7 Å². The third-order valence-electron chi connectivity index (χ3n) is 4.58. The molecule has 2 aliphatic rings. The van der Waals surface area contributed by atoms with E-state index < -0.39 is 23.1 Å². The SMILES string of the molecule is CC1C2=C(CCCC2=O)N(C)C(=O)N1C(=O)Oc1ccc([N+](=O)[O-])cc1. The van der Waals surface area contributed by atoms with Crippen LogP contribution >= 0.6 is 0 Å². The molecule has 3 rings (SSSR count). The van der Waals surface area contributed by atoms with Crippen LogP contribution in [0, 0.1) is 10.1 Å². The summed E-state index contributed by atoms with van der Waals surface area (Å²) in [6.45, 7) is 1.61. The summed E-state index contributed by atoms with van der Waals surface area (Å²) in [5.74, 6) is -0.00997. The van der Waals surface area contributed by atoms with Crippen molar-refractivity contribution in [2.24, 2.45) is 0 Å². The van der Waals surface area contributed by atoms with Crippen molar-refractivity contribution in [1.29, 1.82) is 0 Å². The summed E-state index contributed by atoms with van der Waals surface area (Å²) < 4.78 is 5.18. The molecule has 1 aromatic carbocycles. The van der Waals surface area contributed by atoms with E-state index in [0.717, 1.165) is 4.90 Å². The number of benzene rings is 1. The third kappa shape index (κ3) is 2.92. The van der Waals surface area contributed by atoms with Crippen LogP contribution in [0.2, 0.25) is 0 Å². The minimum atomic E-state index is -0.937. The standard InChI is InChI=1S/C17H17N3O6/c1-10-15-13(4-3-5-14(15)21)18(2)16(22)19(10)17(23)26-12-8-6-11(7-9-12)20(24)25/h6-10H,3-5H2,1-2H3. The second-order valence-corrected chi connectivity index (χ2v) is 6.14. The highest BCUT2D eigenvalue weighted by molar-refractivity contribution is 6.03. The Kier molecular flexibility index (Phi) is 4.45. The van der Waals surface area contributed by atoms with E-state index in [2.05, 4.69) is 0 Å². The molecule has 1 aliphatic carbocycles. The molecule has 0 radical (unpaired) electrons. The van der Waals surface area contributed by atoms with Gasteiger partial charge in [0.25, 0.3) is 5.69 Å². The predicted molar refractivity (Wildman–Crippen MR) is 89.5 cm³/mol. The Morgan fingerprint density at radius 2 is 1.88 bits per heavy atom. The number of nitro benzene ring substituents is 1. The largest absolute Gasteiger partial charge is 0.424 e. The number of allylic oxidation sites excluding steroid dienone is 1. The van der Waals surface area contributed by atoms with E-state index in [1.165, 1.54) is 36.2 Å². The lowest BCUT2D eigenvalue weighted by molar-refractivity contribution is -0.384. The van der Waals surface area contributed by atoms with Crippen molar-refractivity contribution in [3.05, 3.63) is 45.6 Å². The fourth-order valence-electron chi connectivity index (χ4n) is 3.26. The molecule has 1 aliphatic heterocycles. The molecule has 9 nitrogen and oxygen atoms in total. The molecule has 1 heterocycles. The first-order valence-corrected chi connectivity index (χ1v) is 8.10. The van der Waals surface area contributed by atoms with Gasteiger partial charge in [-0.25, -0.2) is 14.5 Å².